The van der Waals surface area contributed by atoms with E-state index in [0.717, 1.165) is 22.2 Å². The van der Waals surface area contributed by atoms with Gasteiger partial charge in [-0.2, -0.15) is 0 Å². The molecule has 4 heteroatoms. The minimum absolute atomic E-state index is 0.0217. The summed E-state index contributed by atoms with van der Waals surface area (Å²) in [5.74, 6) is 0.857. The van der Waals surface area contributed by atoms with Crippen molar-refractivity contribution in [3.63, 3.8) is 0 Å². The van der Waals surface area contributed by atoms with Crippen molar-refractivity contribution in [3.05, 3.63) is 57.6 Å². The van der Waals surface area contributed by atoms with Crippen LogP contribution in [-0.4, -0.2) is 11.9 Å². The Bertz CT molecular complexity index is 697. The Kier molecular flexibility index (Phi) is 3.26. The van der Waals surface area contributed by atoms with E-state index >= 15 is 0 Å². The van der Waals surface area contributed by atoms with E-state index in [2.05, 4.69) is 15.9 Å². The molecule has 1 aliphatic heterocycles. The second-order valence-corrected chi connectivity index (χ2v) is 5.87. The van der Waals surface area contributed by atoms with Gasteiger partial charge in [-0.3, -0.25) is 4.79 Å². The van der Waals surface area contributed by atoms with Crippen LogP contribution in [0.4, 0.5) is 5.69 Å². The van der Waals surface area contributed by atoms with E-state index in [1.54, 1.807) is 24.3 Å². The number of halogens is 1. The van der Waals surface area contributed by atoms with Crippen LogP contribution in [0, 0.1) is 0 Å². The summed E-state index contributed by atoms with van der Waals surface area (Å²) in [6, 6.07) is 10.8. The van der Waals surface area contributed by atoms with Crippen LogP contribution in [0.25, 0.3) is 0 Å². The molecule has 3 nitrogen and oxygen atoms in total. The SMILES string of the molecule is CC1Cc2cc(C(=O)c3ccc(Br)c(N)c3)ccc2O1. The lowest BCUT2D eigenvalue weighted by Gasteiger charge is -2.06. The Balaban J connectivity index is 1.95. The van der Waals surface area contributed by atoms with Crippen LogP contribution in [0.5, 0.6) is 5.75 Å². The summed E-state index contributed by atoms with van der Waals surface area (Å²) in [7, 11) is 0. The molecule has 3 rings (SSSR count). The molecule has 0 bridgehead atoms. The summed E-state index contributed by atoms with van der Waals surface area (Å²) in [4.78, 5) is 12.5. The van der Waals surface area contributed by atoms with Gasteiger partial charge in [-0.1, -0.05) is 0 Å². The van der Waals surface area contributed by atoms with E-state index in [1.165, 1.54) is 0 Å². The minimum Gasteiger partial charge on any atom is -0.490 e. The number of anilines is 1. The molecule has 20 heavy (non-hydrogen) atoms. The number of ether oxygens (including phenoxy) is 1. The fraction of sp³-hybridized carbons (Fsp3) is 0.188. The second-order valence-electron chi connectivity index (χ2n) is 5.02. The van der Waals surface area contributed by atoms with Gasteiger partial charge in [-0.05, 0) is 64.8 Å². The molecule has 0 aromatic heterocycles. The topological polar surface area (TPSA) is 52.3 Å². The molecular formula is C16H14BrNO2. The number of hydrogen-bond donors (Lipinski definition) is 1. The zero-order valence-corrected chi connectivity index (χ0v) is 12.6. The van der Waals surface area contributed by atoms with Gasteiger partial charge in [0.2, 0.25) is 0 Å². The fourth-order valence-corrected chi connectivity index (χ4v) is 2.66. The molecule has 2 aromatic carbocycles. The molecule has 1 atom stereocenters. The van der Waals surface area contributed by atoms with Gasteiger partial charge in [0.15, 0.2) is 5.78 Å². The van der Waals surface area contributed by atoms with Crippen LogP contribution in [-0.2, 0) is 6.42 Å². The number of ketones is 1. The number of hydrogen-bond acceptors (Lipinski definition) is 3. The van der Waals surface area contributed by atoms with Crippen molar-refractivity contribution in [2.45, 2.75) is 19.4 Å². The lowest BCUT2D eigenvalue weighted by Crippen LogP contribution is -2.05. The Morgan fingerprint density at radius 1 is 1.25 bits per heavy atom. The van der Waals surface area contributed by atoms with Gasteiger partial charge in [0.05, 0.1) is 0 Å². The number of carbonyl (C=O) groups is 1. The van der Waals surface area contributed by atoms with E-state index in [9.17, 15) is 4.79 Å². The Labute approximate surface area is 125 Å². The van der Waals surface area contributed by atoms with Crippen molar-refractivity contribution in [2.24, 2.45) is 0 Å². The van der Waals surface area contributed by atoms with Crippen molar-refractivity contribution in [2.75, 3.05) is 5.73 Å². The van der Waals surface area contributed by atoms with Crippen LogP contribution < -0.4 is 10.5 Å². The molecule has 102 valence electrons. The van der Waals surface area contributed by atoms with Gasteiger partial charge in [0, 0.05) is 27.7 Å². The molecular weight excluding hydrogens is 318 g/mol. The average Bonchev–Trinajstić information content (AvgIpc) is 2.80. The zero-order valence-electron chi connectivity index (χ0n) is 11.0. The molecule has 2 N–H and O–H groups in total. The van der Waals surface area contributed by atoms with Gasteiger partial charge in [-0.15, -0.1) is 0 Å². The van der Waals surface area contributed by atoms with Crippen molar-refractivity contribution in [3.8, 4) is 5.75 Å². The molecule has 0 saturated heterocycles. The molecule has 0 aliphatic carbocycles. The number of fused-ring (bicyclic) bond motifs is 1. The summed E-state index contributed by atoms with van der Waals surface area (Å²) in [6.07, 6.45) is 1.03. The lowest BCUT2D eigenvalue weighted by molar-refractivity contribution is 0.103. The van der Waals surface area contributed by atoms with Crippen LogP contribution in [0.3, 0.4) is 0 Å². The molecule has 1 unspecified atom stereocenters. The molecule has 1 heterocycles. The summed E-state index contributed by atoms with van der Waals surface area (Å²) in [5.41, 5.74) is 8.75. The van der Waals surface area contributed by atoms with Crippen LogP contribution in [0.15, 0.2) is 40.9 Å². The van der Waals surface area contributed by atoms with Crippen molar-refractivity contribution >= 4 is 27.4 Å². The molecule has 0 spiro atoms. The summed E-state index contributed by atoms with van der Waals surface area (Å²) in [5, 5.41) is 0. The molecule has 0 fully saturated rings. The lowest BCUT2D eigenvalue weighted by atomic mass is 9.99. The monoisotopic (exact) mass is 331 g/mol. The number of nitrogens with two attached hydrogens (primary N) is 1. The highest BCUT2D eigenvalue weighted by Crippen LogP contribution is 2.30. The van der Waals surface area contributed by atoms with Crippen molar-refractivity contribution < 1.29 is 9.53 Å². The maximum Gasteiger partial charge on any atom is 0.193 e. The highest BCUT2D eigenvalue weighted by molar-refractivity contribution is 9.10. The van der Waals surface area contributed by atoms with Crippen molar-refractivity contribution in [1.82, 2.24) is 0 Å². The quantitative estimate of drug-likeness (QED) is 0.675. The molecule has 1 aliphatic rings. The maximum atomic E-state index is 12.5. The van der Waals surface area contributed by atoms with E-state index in [0.29, 0.717) is 16.8 Å². The number of rotatable bonds is 2. The summed E-state index contributed by atoms with van der Waals surface area (Å²) in [6.45, 7) is 2.02. The van der Waals surface area contributed by atoms with Gasteiger partial charge >= 0.3 is 0 Å². The third-order valence-electron chi connectivity index (χ3n) is 3.42. The highest BCUT2D eigenvalue weighted by Gasteiger charge is 2.20. The first-order valence-corrected chi connectivity index (χ1v) is 7.23. The summed E-state index contributed by atoms with van der Waals surface area (Å²) < 4.78 is 6.44. The predicted molar refractivity (Wildman–Crippen MR) is 82.2 cm³/mol. The first kappa shape index (κ1) is 13.2. The number of nitrogen functional groups attached to an aromatic ring is 1. The Morgan fingerprint density at radius 2 is 1.95 bits per heavy atom. The minimum atomic E-state index is -0.0217. The number of carbonyl (C=O) groups excluding carboxylic acids is 1. The van der Waals surface area contributed by atoms with Crippen LogP contribution in [0.2, 0.25) is 0 Å². The molecule has 0 radical (unpaired) electrons. The van der Waals surface area contributed by atoms with Gasteiger partial charge in [0.25, 0.3) is 0 Å². The van der Waals surface area contributed by atoms with Crippen molar-refractivity contribution in [1.29, 1.82) is 0 Å². The highest BCUT2D eigenvalue weighted by atomic mass is 79.9. The second kappa shape index (κ2) is 4.94. The number of benzene rings is 2. The fourth-order valence-electron chi connectivity index (χ4n) is 2.41. The largest absolute Gasteiger partial charge is 0.490 e. The van der Waals surface area contributed by atoms with Crippen LogP contribution >= 0.6 is 15.9 Å². The Hall–Kier alpha value is -1.81. The summed E-state index contributed by atoms with van der Waals surface area (Å²) >= 11 is 3.33. The molecule has 0 amide bonds. The van der Waals surface area contributed by atoms with Gasteiger partial charge in [0.1, 0.15) is 11.9 Å². The molecule has 0 saturated carbocycles. The van der Waals surface area contributed by atoms with Gasteiger partial charge < -0.3 is 10.5 Å². The van der Waals surface area contributed by atoms with E-state index < -0.39 is 0 Å². The Morgan fingerprint density at radius 3 is 2.70 bits per heavy atom. The zero-order chi connectivity index (χ0) is 14.3. The first-order chi connectivity index (χ1) is 9.54. The van der Waals surface area contributed by atoms with Crippen LogP contribution in [0.1, 0.15) is 28.4 Å². The maximum absolute atomic E-state index is 12.5. The van der Waals surface area contributed by atoms with E-state index in [1.807, 2.05) is 19.1 Å². The molecule has 2 aromatic rings. The normalized spacial score (nSPS) is 16.6. The smallest absolute Gasteiger partial charge is 0.193 e. The third-order valence-corrected chi connectivity index (χ3v) is 4.14. The van der Waals surface area contributed by atoms with Gasteiger partial charge in [-0.25, -0.2) is 0 Å². The predicted octanol–water partition coefficient (Wildman–Crippen LogP) is 3.59. The van der Waals surface area contributed by atoms with E-state index in [4.69, 9.17) is 10.5 Å². The third kappa shape index (κ3) is 2.31. The first-order valence-electron chi connectivity index (χ1n) is 6.44. The standard InChI is InChI=1S/C16H14BrNO2/c1-9-6-12-7-10(3-5-15(12)20-9)16(19)11-2-4-13(17)14(18)8-11/h2-5,7-9H,6,18H2,1H3. The average molecular weight is 332 g/mol. The van der Waals surface area contributed by atoms with E-state index in [-0.39, 0.29) is 11.9 Å².